The van der Waals surface area contributed by atoms with Gasteiger partial charge in [0.1, 0.15) is 24.4 Å². The first-order valence-corrected chi connectivity index (χ1v) is 16.9. The van der Waals surface area contributed by atoms with Gasteiger partial charge in [0.2, 0.25) is 0 Å². The van der Waals surface area contributed by atoms with E-state index in [0.717, 1.165) is 45.1 Å². The second kappa shape index (κ2) is 10.6. The Morgan fingerprint density at radius 2 is 1.65 bits per heavy atom. The highest BCUT2D eigenvalue weighted by Gasteiger charge is 2.71. The van der Waals surface area contributed by atoms with Crippen molar-refractivity contribution in [3.63, 3.8) is 0 Å². The third-order valence-electron chi connectivity index (χ3n) is 14.2. The number of aliphatic hydroxyl groups is 6. The summed E-state index contributed by atoms with van der Waals surface area (Å²) in [4.78, 5) is 0. The first-order chi connectivity index (χ1) is 20.3. The Morgan fingerprint density at radius 1 is 0.884 bits per heavy atom. The quantitative estimate of drug-likeness (QED) is 0.260. The van der Waals surface area contributed by atoms with E-state index in [-0.39, 0.29) is 23.9 Å². The van der Waals surface area contributed by atoms with E-state index in [2.05, 4.69) is 27.7 Å². The molecule has 0 unspecified atom stereocenters. The Labute approximate surface area is 255 Å². The zero-order chi connectivity index (χ0) is 30.7. The van der Waals surface area contributed by atoms with Gasteiger partial charge >= 0.3 is 0 Å². The maximum atomic E-state index is 12.3. The summed E-state index contributed by atoms with van der Waals surface area (Å²) in [5, 5.41) is 64.2. The van der Waals surface area contributed by atoms with Gasteiger partial charge < -0.3 is 49.6 Å². The zero-order valence-corrected chi connectivity index (χ0v) is 26.2. The smallest absolute Gasteiger partial charge is 0.187 e. The van der Waals surface area contributed by atoms with E-state index in [1.54, 1.807) is 0 Å². The summed E-state index contributed by atoms with van der Waals surface area (Å²) in [6.45, 7) is 9.47. The van der Waals surface area contributed by atoms with Crippen molar-refractivity contribution in [1.29, 1.82) is 0 Å². The fraction of sp³-hybridized carbons (Fsp3) is 1.00. The van der Waals surface area contributed by atoms with Crippen molar-refractivity contribution < 1.29 is 49.6 Å². The lowest BCUT2D eigenvalue weighted by Crippen LogP contribution is -2.67. The molecule has 6 N–H and O–H groups in total. The number of hydrogen-bond donors (Lipinski definition) is 6. The fourth-order valence-electron chi connectivity index (χ4n) is 11.7. The maximum Gasteiger partial charge on any atom is 0.187 e. The number of hydrogen-bond acceptors (Lipinski definition) is 10. The van der Waals surface area contributed by atoms with Crippen LogP contribution >= 0.6 is 0 Å². The van der Waals surface area contributed by atoms with Crippen LogP contribution in [0, 0.1) is 46.3 Å². The minimum atomic E-state index is -1.56. The number of ether oxygens (including phenoxy) is 4. The van der Waals surface area contributed by atoms with Gasteiger partial charge in [0.05, 0.1) is 37.1 Å². The van der Waals surface area contributed by atoms with Gasteiger partial charge in [0, 0.05) is 24.2 Å². The van der Waals surface area contributed by atoms with Gasteiger partial charge in [0.15, 0.2) is 12.1 Å². The Hall–Kier alpha value is -0.400. The summed E-state index contributed by atoms with van der Waals surface area (Å²) in [7, 11) is 0. The summed E-state index contributed by atoms with van der Waals surface area (Å²) >= 11 is 0. The molecule has 1 spiro atoms. The zero-order valence-electron chi connectivity index (χ0n) is 26.2. The molecule has 7 fully saturated rings. The standard InChI is InChI=1S/C33H54O10/c1-16-5-10-33(40-15-16)17(2)25-22(43-33)11-20-18-6-9-32(39)13-23(41-29-28(38)27(37)26(36)24(14-34)42-29)21(35)12-31(32,4)19(18)7-8-30(20,25)3/h16-29,34-39H,5-15H2,1-4H3/t16-,17+,18-,19+,20+,21-,22+,23-,24-,25+,26-,27+,28-,29-,30+,31-,32-,33-/m1/s1. The van der Waals surface area contributed by atoms with Gasteiger partial charge in [0.25, 0.3) is 0 Å². The van der Waals surface area contributed by atoms with E-state index in [9.17, 15) is 30.6 Å². The molecular formula is C33H54O10. The van der Waals surface area contributed by atoms with Crippen LogP contribution in [0.4, 0.5) is 0 Å². The number of aliphatic hydroxyl groups excluding tert-OH is 5. The second-order valence-electron chi connectivity index (χ2n) is 16.2. The molecule has 43 heavy (non-hydrogen) atoms. The maximum absolute atomic E-state index is 12.3. The van der Waals surface area contributed by atoms with Crippen molar-refractivity contribution in [2.24, 2.45) is 46.3 Å². The Morgan fingerprint density at radius 3 is 2.35 bits per heavy atom. The molecule has 10 heteroatoms. The van der Waals surface area contributed by atoms with Gasteiger partial charge in [-0.15, -0.1) is 0 Å². The highest BCUT2D eigenvalue weighted by Crippen LogP contribution is 2.72. The summed E-state index contributed by atoms with van der Waals surface area (Å²) in [5.74, 6) is 2.18. The van der Waals surface area contributed by atoms with Gasteiger partial charge in [-0.1, -0.05) is 27.7 Å². The Balaban J connectivity index is 1.07. The molecular weight excluding hydrogens is 556 g/mol. The van der Waals surface area contributed by atoms with E-state index in [4.69, 9.17) is 18.9 Å². The van der Waals surface area contributed by atoms with Gasteiger partial charge in [-0.3, -0.25) is 0 Å². The summed E-state index contributed by atoms with van der Waals surface area (Å²) in [5.41, 5.74) is -1.40. The molecule has 0 bridgehead atoms. The van der Waals surface area contributed by atoms with Crippen LogP contribution in [-0.2, 0) is 18.9 Å². The molecule has 7 rings (SSSR count). The van der Waals surface area contributed by atoms with Gasteiger partial charge in [-0.05, 0) is 80.0 Å². The van der Waals surface area contributed by atoms with Crippen LogP contribution in [0.1, 0.15) is 85.5 Å². The van der Waals surface area contributed by atoms with Crippen molar-refractivity contribution in [3.8, 4) is 0 Å². The van der Waals surface area contributed by atoms with Crippen LogP contribution in [0.3, 0.4) is 0 Å². The average molecular weight is 611 g/mol. The van der Waals surface area contributed by atoms with Gasteiger partial charge in [-0.25, -0.2) is 0 Å². The third-order valence-corrected chi connectivity index (χ3v) is 14.2. The van der Waals surface area contributed by atoms with Crippen molar-refractivity contribution in [1.82, 2.24) is 0 Å². The molecule has 0 amide bonds. The number of rotatable bonds is 3. The van der Waals surface area contributed by atoms with E-state index >= 15 is 0 Å². The molecule has 7 aliphatic rings. The van der Waals surface area contributed by atoms with Crippen LogP contribution in [0.5, 0.6) is 0 Å². The van der Waals surface area contributed by atoms with Crippen LogP contribution in [0.15, 0.2) is 0 Å². The molecule has 3 saturated heterocycles. The van der Waals surface area contributed by atoms with Crippen molar-refractivity contribution in [2.75, 3.05) is 13.2 Å². The fourth-order valence-corrected chi connectivity index (χ4v) is 11.7. The van der Waals surface area contributed by atoms with Crippen molar-refractivity contribution in [3.05, 3.63) is 0 Å². The molecule has 0 radical (unpaired) electrons. The molecule has 0 aromatic heterocycles. The molecule has 4 aliphatic carbocycles. The van der Waals surface area contributed by atoms with Crippen molar-refractivity contribution >= 4 is 0 Å². The molecule has 18 atom stereocenters. The third kappa shape index (κ3) is 4.41. The first kappa shape index (κ1) is 31.2. The highest BCUT2D eigenvalue weighted by molar-refractivity contribution is 5.18. The normalized spacial score (nSPS) is 61.5. The molecule has 0 aromatic rings. The second-order valence-corrected chi connectivity index (χ2v) is 16.2. The van der Waals surface area contributed by atoms with Crippen LogP contribution < -0.4 is 0 Å². The van der Waals surface area contributed by atoms with Crippen LogP contribution in [-0.4, -0.2) is 104 Å². The topological polar surface area (TPSA) is 158 Å². The molecule has 4 saturated carbocycles. The molecule has 246 valence electrons. The predicted molar refractivity (Wildman–Crippen MR) is 153 cm³/mol. The summed E-state index contributed by atoms with van der Waals surface area (Å²) in [6, 6.07) is 0. The average Bonchev–Trinajstić information content (AvgIpc) is 3.41. The molecule has 10 nitrogen and oxygen atoms in total. The SMILES string of the molecule is C[C@@H]1CC[C@@]2(OC1)O[C@H]1C[C@H]3[C@@H]4CC[C@@]5(O)C[C@@H](O[C@@H]6O[C@H](CO)[C@@H](O)[C@H](O)[C@H]6O)[C@H](O)C[C@]5(C)[C@H]4CC[C@]3(C)[C@H]1[C@@H]2C. The minimum absolute atomic E-state index is 0.162. The molecule has 3 heterocycles. The molecule has 3 aliphatic heterocycles. The lowest BCUT2D eigenvalue weighted by Gasteiger charge is -2.65. The largest absolute Gasteiger partial charge is 0.394 e. The summed E-state index contributed by atoms with van der Waals surface area (Å²) < 4.78 is 24.9. The molecule has 0 aromatic carbocycles. The van der Waals surface area contributed by atoms with E-state index in [1.165, 1.54) is 0 Å². The minimum Gasteiger partial charge on any atom is -0.394 e. The van der Waals surface area contributed by atoms with Gasteiger partial charge in [-0.2, -0.15) is 0 Å². The Bertz CT molecular complexity index is 1050. The van der Waals surface area contributed by atoms with Crippen LogP contribution in [0.2, 0.25) is 0 Å². The van der Waals surface area contributed by atoms with E-state index < -0.39 is 66.3 Å². The first-order valence-electron chi connectivity index (χ1n) is 16.9. The van der Waals surface area contributed by atoms with E-state index in [1.807, 2.05) is 0 Å². The lowest BCUT2D eigenvalue weighted by molar-refractivity contribution is -0.333. The lowest BCUT2D eigenvalue weighted by atomic mass is 9.42. The highest BCUT2D eigenvalue weighted by atomic mass is 16.7. The number of fused-ring (bicyclic) bond motifs is 7. The van der Waals surface area contributed by atoms with Crippen LogP contribution in [0.25, 0.3) is 0 Å². The predicted octanol–water partition coefficient (Wildman–Crippen LogP) is 1.70. The van der Waals surface area contributed by atoms with E-state index in [0.29, 0.717) is 42.4 Å². The van der Waals surface area contributed by atoms with Crippen molar-refractivity contribution in [2.45, 2.75) is 146 Å². The summed E-state index contributed by atoms with van der Waals surface area (Å²) in [6.07, 6.45) is -1.22. The monoisotopic (exact) mass is 610 g/mol. The Kier molecular flexibility index (Phi) is 7.66.